The van der Waals surface area contributed by atoms with Crippen LogP contribution in [0.25, 0.3) is 11.5 Å². The first-order valence-corrected chi connectivity index (χ1v) is 6.81. The third kappa shape index (κ3) is 3.16. The van der Waals surface area contributed by atoms with Crippen molar-refractivity contribution in [1.29, 1.82) is 0 Å². The zero-order valence-corrected chi connectivity index (χ0v) is 11.5. The van der Waals surface area contributed by atoms with Gasteiger partial charge in [0.15, 0.2) is 5.82 Å². The van der Waals surface area contributed by atoms with Crippen LogP contribution in [-0.2, 0) is 6.18 Å². The summed E-state index contributed by atoms with van der Waals surface area (Å²) in [5.41, 5.74) is -1.26. The Kier molecular flexibility index (Phi) is 3.92. The van der Waals surface area contributed by atoms with Crippen molar-refractivity contribution < 1.29 is 13.2 Å². The molecule has 0 aromatic carbocycles. The molecule has 0 amide bonds. The average molecular weight is 313 g/mol. The highest BCUT2D eigenvalue weighted by Gasteiger charge is 2.36. The van der Waals surface area contributed by atoms with E-state index in [4.69, 9.17) is 0 Å². The fourth-order valence-corrected chi connectivity index (χ4v) is 2.32. The van der Waals surface area contributed by atoms with Gasteiger partial charge in [0, 0.05) is 18.8 Å². The first-order valence-electron chi connectivity index (χ1n) is 6.81. The lowest BCUT2D eigenvalue weighted by Gasteiger charge is -2.24. The number of H-pyrrole nitrogens is 1. The minimum atomic E-state index is -4.56. The highest BCUT2D eigenvalue weighted by molar-refractivity contribution is 5.56. The third-order valence-electron chi connectivity index (χ3n) is 3.36. The molecule has 0 aliphatic carbocycles. The lowest BCUT2D eigenvalue weighted by Crippen LogP contribution is -2.38. The normalized spacial score (nSPS) is 19.1. The number of piperidine rings is 1. The van der Waals surface area contributed by atoms with Crippen molar-refractivity contribution in [2.75, 3.05) is 18.4 Å². The van der Waals surface area contributed by atoms with E-state index in [9.17, 15) is 13.2 Å². The molecule has 118 valence electrons. The molecule has 1 saturated heterocycles. The Hall–Kier alpha value is -2.23. The average Bonchev–Trinajstić information content (AvgIpc) is 3.01. The van der Waals surface area contributed by atoms with Gasteiger partial charge in [-0.25, -0.2) is 15.0 Å². The van der Waals surface area contributed by atoms with Crippen LogP contribution < -0.4 is 10.6 Å². The number of aromatic amines is 1. The number of rotatable bonds is 3. The van der Waals surface area contributed by atoms with Crippen LogP contribution >= 0.6 is 0 Å². The second-order valence-corrected chi connectivity index (χ2v) is 4.98. The molecule has 7 nitrogen and oxygen atoms in total. The summed E-state index contributed by atoms with van der Waals surface area (Å²) in [6.45, 7) is 1.66. The van der Waals surface area contributed by atoms with Gasteiger partial charge in [-0.05, 0) is 19.4 Å². The molecule has 10 heteroatoms. The summed E-state index contributed by atoms with van der Waals surface area (Å²) in [6.07, 6.45) is -0.755. The number of hydrogen-bond acceptors (Lipinski definition) is 6. The van der Waals surface area contributed by atoms with Gasteiger partial charge < -0.3 is 10.6 Å². The summed E-state index contributed by atoms with van der Waals surface area (Å²) < 4.78 is 39.2. The van der Waals surface area contributed by atoms with E-state index in [1.54, 1.807) is 0 Å². The largest absolute Gasteiger partial charge is 0.420 e. The van der Waals surface area contributed by atoms with E-state index in [2.05, 4.69) is 35.8 Å². The zero-order valence-electron chi connectivity index (χ0n) is 11.5. The highest BCUT2D eigenvalue weighted by Crippen LogP contribution is 2.34. The Morgan fingerprint density at radius 3 is 2.77 bits per heavy atom. The number of nitrogens with one attached hydrogen (secondary N) is 3. The molecular weight excluding hydrogens is 299 g/mol. The molecule has 22 heavy (non-hydrogen) atoms. The molecule has 0 radical (unpaired) electrons. The molecule has 0 bridgehead atoms. The summed E-state index contributed by atoms with van der Waals surface area (Å²) >= 11 is 0. The van der Waals surface area contributed by atoms with Crippen molar-refractivity contribution in [1.82, 2.24) is 30.5 Å². The Labute approximate surface area is 123 Å². The van der Waals surface area contributed by atoms with Crippen LogP contribution in [0.2, 0.25) is 0 Å². The smallest absolute Gasteiger partial charge is 0.350 e. The SMILES string of the molecule is FC(F)(F)c1cnc(N[C@H]2CCCNC2)nc1-c1ncn[nH]1. The predicted molar refractivity (Wildman–Crippen MR) is 71.9 cm³/mol. The van der Waals surface area contributed by atoms with Gasteiger partial charge >= 0.3 is 6.18 Å². The molecule has 1 aliphatic rings. The third-order valence-corrected chi connectivity index (χ3v) is 3.36. The Morgan fingerprint density at radius 2 is 2.14 bits per heavy atom. The molecule has 1 aliphatic heterocycles. The van der Waals surface area contributed by atoms with Crippen molar-refractivity contribution in [3.8, 4) is 11.5 Å². The van der Waals surface area contributed by atoms with Crippen LogP contribution in [0, 0.1) is 0 Å². The van der Waals surface area contributed by atoms with Gasteiger partial charge in [0.2, 0.25) is 5.95 Å². The molecule has 0 unspecified atom stereocenters. The van der Waals surface area contributed by atoms with E-state index in [0.717, 1.165) is 38.5 Å². The molecule has 1 atom stereocenters. The van der Waals surface area contributed by atoms with Crippen LogP contribution in [0.4, 0.5) is 19.1 Å². The molecule has 0 saturated carbocycles. The molecule has 3 rings (SSSR count). The highest BCUT2D eigenvalue weighted by atomic mass is 19.4. The maximum atomic E-state index is 13.1. The standard InChI is InChI=1S/C12H14F3N7/c13-12(14,15)8-5-17-11(20-7-2-1-3-16-4-7)21-9(8)10-18-6-19-22-10/h5-7,16H,1-4H2,(H,17,20,21)(H,18,19,22)/t7-/m0/s1. The first-order chi connectivity index (χ1) is 10.5. The Bertz CT molecular complexity index is 620. The van der Waals surface area contributed by atoms with E-state index in [0.29, 0.717) is 0 Å². The Balaban J connectivity index is 1.92. The number of aromatic nitrogens is 5. The first kappa shape index (κ1) is 14.7. The maximum absolute atomic E-state index is 13.1. The second-order valence-electron chi connectivity index (χ2n) is 4.98. The van der Waals surface area contributed by atoms with Crippen molar-refractivity contribution in [3.05, 3.63) is 18.1 Å². The monoisotopic (exact) mass is 313 g/mol. The summed E-state index contributed by atoms with van der Waals surface area (Å²) in [5.74, 6) is 0.104. The summed E-state index contributed by atoms with van der Waals surface area (Å²) in [7, 11) is 0. The van der Waals surface area contributed by atoms with Gasteiger partial charge in [0.05, 0.1) is 0 Å². The molecule has 3 heterocycles. The van der Waals surface area contributed by atoms with Crippen LogP contribution in [0.15, 0.2) is 12.5 Å². The van der Waals surface area contributed by atoms with Crippen molar-refractivity contribution >= 4 is 5.95 Å². The van der Waals surface area contributed by atoms with Gasteiger partial charge in [0.25, 0.3) is 0 Å². The van der Waals surface area contributed by atoms with Crippen molar-refractivity contribution in [2.45, 2.75) is 25.1 Å². The van der Waals surface area contributed by atoms with E-state index in [-0.39, 0.29) is 23.5 Å². The molecule has 0 spiro atoms. The van der Waals surface area contributed by atoms with E-state index in [1.807, 2.05) is 0 Å². The lowest BCUT2D eigenvalue weighted by molar-refractivity contribution is -0.137. The number of alkyl halides is 3. The lowest BCUT2D eigenvalue weighted by atomic mass is 10.1. The van der Waals surface area contributed by atoms with Crippen LogP contribution in [0.1, 0.15) is 18.4 Å². The molecule has 2 aromatic rings. The van der Waals surface area contributed by atoms with Crippen LogP contribution in [0.5, 0.6) is 0 Å². The number of hydrogen-bond donors (Lipinski definition) is 3. The van der Waals surface area contributed by atoms with Crippen molar-refractivity contribution in [3.63, 3.8) is 0 Å². The molecule has 3 N–H and O–H groups in total. The minimum Gasteiger partial charge on any atom is -0.350 e. The Morgan fingerprint density at radius 1 is 1.27 bits per heavy atom. The van der Waals surface area contributed by atoms with Crippen LogP contribution in [0.3, 0.4) is 0 Å². The van der Waals surface area contributed by atoms with E-state index < -0.39 is 11.7 Å². The minimum absolute atomic E-state index is 0.0421. The second kappa shape index (κ2) is 5.87. The number of nitrogens with zero attached hydrogens (tertiary/aromatic N) is 4. The van der Waals surface area contributed by atoms with Gasteiger partial charge in [-0.3, -0.25) is 5.10 Å². The van der Waals surface area contributed by atoms with E-state index >= 15 is 0 Å². The molecular formula is C12H14F3N7. The number of anilines is 1. The van der Waals surface area contributed by atoms with Gasteiger partial charge in [-0.2, -0.15) is 18.3 Å². The predicted octanol–water partition coefficient (Wildman–Crippen LogP) is 1.44. The molecule has 1 fully saturated rings. The van der Waals surface area contributed by atoms with Crippen LogP contribution in [-0.4, -0.2) is 44.3 Å². The maximum Gasteiger partial charge on any atom is 0.420 e. The molecule has 2 aromatic heterocycles. The van der Waals surface area contributed by atoms with E-state index in [1.165, 1.54) is 0 Å². The van der Waals surface area contributed by atoms with Gasteiger partial charge in [-0.15, -0.1) is 0 Å². The quantitative estimate of drug-likeness (QED) is 0.794. The fourth-order valence-electron chi connectivity index (χ4n) is 2.32. The number of halogens is 3. The van der Waals surface area contributed by atoms with Gasteiger partial charge in [-0.1, -0.05) is 0 Å². The van der Waals surface area contributed by atoms with Gasteiger partial charge in [0.1, 0.15) is 17.6 Å². The summed E-state index contributed by atoms with van der Waals surface area (Å²) in [4.78, 5) is 11.5. The summed E-state index contributed by atoms with van der Waals surface area (Å²) in [6, 6.07) is 0.0908. The van der Waals surface area contributed by atoms with Crippen molar-refractivity contribution in [2.24, 2.45) is 0 Å². The fraction of sp³-hybridized carbons (Fsp3) is 0.500. The topological polar surface area (TPSA) is 91.4 Å². The zero-order chi connectivity index (χ0) is 15.6. The summed E-state index contributed by atoms with van der Waals surface area (Å²) in [5, 5.41) is 12.2.